The molecule has 2 aromatic carbocycles. The van der Waals surface area contributed by atoms with E-state index in [0.717, 1.165) is 38.3 Å². The molecule has 26 heavy (non-hydrogen) atoms. The number of carbonyl (C=O) groups is 1. The summed E-state index contributed by atoms with van der Waals surface area (Å²) in [5.74, 6) is 0.105. The Morgan fingerprint density at radius 1 is 0.962 bits per heavy atom. The number of piperazine rings is 1. The summed E-state index contributed by atoms with van der Waals surface area (Å²) in [6, 6.07) is 18.7. The SMILES string of the molecule is Cc1ccccc1CN1CCN(CC(=O)N[C@H](C)c2ccccc2)CC1. The van der Waals surface area contributed by atoms with E-state index in [1.807, 2.05) is 25.1 Å². The highest BCUT2D eigenvalue weighted by Gasteiger charge is 2.20. The largest absolute Gasteiger partial charge is 0.348 e. The Hall–Kier alpha value is -2.17. The summed E-state index contributed by atoms with van der Waals surface area (Å²) in [5.41, 5.74) is 3.89. The van der Waals surface area contributed by atoms with E-state index in [2.05, 4.69) is 58.4 Å². The Morgan fingerprint density at radius 2 is 1.58 bits per heavy atom. The van der Waals surface area contributed by atoms with Crippen LogP contribution in [0.4, 0.5) is 0 Å². The molecule has 0 aliphatic carbocycles. The van der Waals surface area contributed by atoms with Crippen LogP contribution in [0.3, 0.4) is 0 Å². The number of rotatable bonds is 6. The van der Waals surface area contributed by atoms with Crippen LogP contribution in [0.15, 0.2) is 54.6 Å². The fourth-order valence-electron chi connectivity index (χ4n) is 3.45. The normalized spacial score (nSPS) is 17.0. The van der Waals surface area contributed by atoms with Crippen molar-refractivity contribution in [3.63, 3.8) is 0 Å². The number of benzene rings is 2. The van der Waals surface area contributed by atoms with Gasteiger partial charge in [0.15, 0.2) is 0 Å². The molecule has 4 nitrogen and oxygen atoms in total. The lowest BCUT2D eigenvalue weighted by atomic mass is 10.1. The Bertz CT molecular complexity index is 708. The van der Waals surface area contributed by atoms with Crippen molar-refractivity contribution in [3.8, 4) is 0 Å². The summed E-state index contributed by atoms with van der Waals surface area (Å²) in [7, 11) is 0. The Balaban J connectivity index is 1.42. The van der Waals surface area contributed by atoms with Gasteiger partial charge < -0.3 is 5.32 Å². The van der Waals surface area contributed by atoms with Crippen molar-refractivity contribution < 1.29 is 4.79 Å². The number of hydrogen-bond acceptors (Lipinski definition) is 3. The molecule has 0 bridgehead atoms. The molecule has 138 valence electrons. The lowest BCUT2D eigenvalue weighted by molar-refractivity contribution is -0.123. The van der Waals surface area contributed by atoms with Crippen LogP contribution >= 0.6 is 0 Å². The van der Waals surface area contributed by atoms with Gasteiger partial charge in [-0.15, -0.1) is 0 Å². The van der Waals surface area contributed by atoms with E-state index in [1.54, 1.807) is 0 Å². The van der Waals surface area contributed by atoms with Gasteiger partial charge in [-0.1, -0.05) is 54.6 Å². The number of carbonyl (C=O) groups excluding carboxylic acids is 1. The molecule has 0 spiro atoms. The van der Waals surface area contributed by atoms with Gasteiger partial charge in [-0.05, 0) is 30.5 Å². The smallest absolute Gasteiger partial charge is 0.234 e. The molecule has 1 N–H and O–H groups in total. The van der Waals surface area contributed by atoms with Crippen LogP contribution in [0, 0.1) is 6.92 Å². The van der Waals surface area contributed by atoms with Gasteiger partial charge in [0.25, 0.3) is 0 Å². The first-order valence-electron chi connectivity index (χ1n) is 9.45. The standard InChI is InChI=1S/C22H29N3O/c1-18-8-6-7-11-21(18)16-24-12-14-25(15-13-24)17-22(26)23-19(2)20-9-4-3-5-10-20/h3-11,19H,12-17H2,1-2H3,(H,23,26)/t19-/m1/s1. The monoisotopic (exact) mass is 351 g/mol. The van der Waals surface area contributed by atoms with Crippen LogP contribution in [0.1, 0.15) is 29.7 Å². The summed E-state index contributed by atoms with van der Waals surface area (Å²) in [4.78, 5) is 17.1. The minimum Gasteiger partial charge on any atom is -0.348 e. The molecule has 1 saturated heterocycles. The first-order chi connectivity index (χ1) is 12.6. The second-order valence-corrected chi connectivity index (χ2v) is 7.18. The fourth-order valence-corrected chi connectivity index (χ4v) is 3.45. The predicted molar refractivity (Wildman–Crippen MR) is 106 cm³/mol. The second-order valence-electron chi connectivity index (χ2n) is 7.18. The summed E-state index contributed by atoms with van der Waals surface area (Å²) < 4.78 is 0. The first-order valence-corrected chi connectivity index (χ1v) is 9.45. The van der Waals surface area contributed by atoms with Crippen molar-refractivity contribution in [3.05, 3.63) is 71.3 Å². The van der Waals surface area contributed by atoms with E-state index in [9.17, 15) is 4.79 Å². The van der Waals surface area contributed by atoms with Crippen LogP contribution in [0.25, 0.3) is 0 Å². The van der Waals surface area contributed by atoms with Gasteiger partial charge in [0.1, 0.15) is 0 Å². The zero-order chi connectivity index (χ0) is 18.4. The van der Waals surface area contributed by atoms with Crippen LogP contribution in [0.2, 0.25) is 0 Å². The molecule has 0 radical (unpaired) electrons. The lowest BCUT2D eigenvalue weighted by Crippen LogP contribution is -2.49. The van der Waals surface area contributed by atoms with Crippen LogP contribution in [0.5, 0.6) is 0 Å². The van der Waals surface area contributed by atoms with Gasteiger partial charge in [0.2, 0.25) is 5.91 Å². The van der Waals surface area contributed by atoms with E-state index >= 15 is 0 Å². The highest BCUT2D eigenvalue weighted by Crippen LogP contribution is 2.13. The van der Waals surface area contributed by atoms with E-state index in [-0.39, 0.29) is 11.9 Å². The molecule has 0 unspecified atom stereocenters. The molecular weight excluding hydrogens is 322 g/mol. The van der Waals surface area contributed by atoms with Crippen molar-refractivity contribution in [2.75, 3.05) is 32.7 Å². The van der Waals surface area contributed by atoms with Crippen molar-refractivity contribution in [1.82, 2.24) is 15.1 Å². The van der Waals surface area contributed by atoms with Gasteiger partial charge in [-0.25, -0.2) is 0 Å². The summed E-state index contributed by atoms with van der Waals surface area (Å²) in [6.45, 7) is 9.59. The predicted octanol–water partition coefficient (Wildman–Crippen LogP) is 2.99. The molecule has 1 aliphatic rings. The third-order valence-electron chi connectivity index (χ3n) is 5.16. The average molecular weight is 351 g/mol. The maximum Gasteiger partial charge on any atom is 0.234 e. The molecule has 1 aliphatic heterocycles. The quantitative estimate of drug-likeness (QED) is 0.869. The third kappa shape index (κ3) is 5.16. The summed E-state index contributed by atoms with van der Waals surface area (Å²) in [5, 5.41) is 3.11. The highest BCUT2D eigenvalue weighted by molar-refractivity contribution is 5.78. The molecule has 4 heteroatoms. The zero-order valence-corrected chi connectivity index (χ0v) is 15.8. The van der Waals surface area contributed by atoms with Crippen LogP contribution < -0.4 is 5.32 Å². The van der Waals surface area contributed by atoms with Crippen molar-refractivity contribution >= 4 is 5.91 Å². The first kappa shape index (κ1) is 18.6. The van der Waals surface area contributed by atoms with Gasteiger partial charge in [0.05, 0.1) is 12.6 Å². The molecule has 0 saturated carbocycles. The fraction of sp³-hybridized carbons (Fsp3) is 0.409. The van der Waals surface area contributed by atoms with Gasteiger partial charge in [-0.3, -0.25) is 14.6 Å². The summed E-state index contributed by atoms with van der Waals surface area (Å²) >= 11 is 0. The third-order valence-corrected chi connectivity index (χ3v) is 5.16. The molecule has 1 atom stereocenters. The molecule has 1 heterocycles. The topological polar surface area (TPSA) is 35.6 Å². The van der Waals surface area contributed by atoms with Crippen molar-refractivity contribution in [1.29, 1.82) is 0 Å². The molecule has 3 rings (SSSR count). The maximum atomic E-state index is 12.3. The van der Waals surface area contributed by atoms with Gasteiger partial charge in [0, 0.05) is 32.7 Å². The van der Waals surface area contributed by atoms with Gasteiger partial charge >= 0.3 is 0 Å². The van der Waals surface area contributed by atoms with Gasteiger partial charge in [-0.2, -0.15) is 0 Å². The molecule has 0 aromatic heterocycles. The molecule has 1 fully saturated rings. The van der Waals surface area contributed by atoms with Crippen LogP contribution in [-0.4, -0.2) is 48.4 Å². The summed E-state index contributed by atoms with van der Waals surface area (Å²) in [6.07, 6.45) is 0. The number of nitrogens with zero attached hydrogens (tertiary/aromatic N) is 2. The number of amides is 1. The zero-order valence-electron chi connectivity index (χ0n) is 15.8. The second kappa shape index (κ2) is 8.97. The molecule has 1 amide bonds. The molecular formula is C22H29N3O. The number of nitrogens with one attached hydrogen (secondary N) is 1. The van der Waals surface area contributed by atoms with E-state index in [0.29, 0.717) is 6.54 Å². The van der Waals surface area contributed by atoms with E-state index < -0.39 is 0 Å². The van der Waals surface area contributed by atoms with E-state index in [4.69, 9.17) is 0 Å². The van der Waals surface area contributed by atoms with Crippen molar-refractivity contribution in [2.24, 2.45) is 0 Å². The molecule has 2 aromatic rings. The van der Waals surface area contributed by atoms with Crippen LogP contribution in [-0.2, 0) is 11.3 Å². The minimum atomic E-state index is 0.0473. The number of aryl methyl sites for hydroxylation is 1. The van der Waals surface area contributed by atoms with E-state index in [1.165, 1.54) is 11.1 Å². The Kier molecular flexibility index (Phi) is 6.42. The Labute approximate surface area is 156 Å². The lowest BCUT2D eigenvalue weighted by Gasteiger charge is -2.34. The minimum absolute atomic E-state index is 0.0473. The highest BCUT2D eigenvalue weighted by atomic mass is 16.2. The number of hydrogen-bond donors (Lipinski definition) is 1. The van der Waals surface area contributed by atoms with Crippen molar-refractivity contribution in [2.45, 2.75) is 26.4 Å². The average Bonchev–Trinajstić information content (AvgIpc) is 2.66. The Morgan fingerprint density at radius 3 is 2.27 bits per heavy atom. The maximum absolute atomic E-state index is 12.3.